The molecule has 0 N–H and O–H groups in total. The lowest BCUT2D eigenvalue weighted by molar-refractivity contribution is 0.0925. The zero-order valence-electron chi connectivity index (χ0n) is 19.0. The van der Waals surface area contributed by atoms with Crippen LogP contribution in [0, 0.1) is 5.92 Å². The minimum atomic E-state index is -0.0995. The third kappa shape index (κ3) is 4.48. The Morgan fingerprint density at radius 3 is 2.76 bits per heavy atom. The summed E-state index contributed by atoms with van der Waals surface area (Å²) in [6.07, 6.45) is 7.51. The Morgan fingerprint density at radius 2 is 2.09 bits per heavy atom. The van der Waals surface area contributed by atoms with Gasteiger partial charge in [0.05, 0.1) is 17.1 Å². The third-order valence-corrected chi connectivity index (χ3v) is 7.75. The number of carbonyl (C=O) groups excluding carboxylic acids is 1. The molecule has 1 aliphatic carbocycles. The predicted octanol–water partition coefficient (Wildman–Crippen LogP) is 5.75. The van der Waals surface area contributed by atoms with Gasteiger partial charge in [0.1, 0.15) is 11.5 Å². The van der Waals surface area contributed by atoms with Gasteiger partial charge in [0.2, 0.25) is 0 Å². The highest BCUT2D eigenvalue weighted by molar-refractivity contribution is 7.92. The van der Waals surface area contributed by atoms with Crippen molar-refractivity contribution in [3.63, 3.8) is 0 Å². The van der Waals surface area contributed by atoms with E-state index >= 15 is 0 Å². The normalized spacial score (nSPS) is 13.5. The molecular weight excluding hydrogens is 478 g/mol. The molecule has 0 radical (unpaired) electrons. The van der Waals surface area contributed by atoms with Crippen LogP contribution in [0.2, 0.25) is 5.15 Å². The van der Waals surface area contributed by atoms with Crippen LogP contribution in [0.5, 0.6) is 0 Å². The maximum atomic E-state index is 14.5. The first-order valence-corrected chi connectivity index (χ1v) is 12.9. The van der Waals surface area contributed by atoms with Gasteiger partial charge in [-0.15, -0.1) is 13.1 Å². The van der Waals surface area contributed by atoms with Crippen molar-refractivity contribution in [3.8, 4) is 11.3 Å². The van der Waals surface area contributed by atoms with E-state index in [0.29, 0.717) is 24.4 Å². The van der Waals surface area contributed by atoms with E-state index in [1.807, 2.05) is 20.0 Å². The van der Waals surface area contributed by atoms with Gasteiger partial charge in [0.15, 0.2) is 18.1 Å². The second kappa shape index (κ2) is 10.2. The number of nitrogens with zero attached hydrogens (tertiary/aromatic N) is 4. The van der Waals surface area contributed by atoms with Crippen LogP contribution < -0.4 is 5.30 Å². The summed E-state index contributed by atoms with van der Waals surface area (Å²) in [5, 5.41) is 1.28. The van der Waals surface area contributed by atoms with Crippen molar-refractivity contribution >= 4 is 44.3 Å². The number of pyridine rings is 1. The zero-order chi connectivity index (χ0) is 23.7. The molecule has 0 fully saturated rings. The van der Waals surface area contributed by atoms with Crippen LogP contribution in [-0.2, 0) is 25.7 Å². The van der Waals surface area contributed by atoms with Crippen molar-refractivity contribution in [2.24, 2.45) is 5.92 Å². The summed E-state index contributed by atoms with van der Waals surface area (Å²) in [6, 6.07) is 1.72. The fourth-order valence-corrected chi connectivity index (χ4v) is 5.73. The summed E-state index contributed by atoms with van der Waals surface area (Å²) < 4.78 is 16.1. The molecule has 0 aromatic carbocycles. The van der Waals surface area contributed by atoms with Gasteiger partial charge in [0, 0.05) is 40.7 Å². The fraction of sp³-hybridized carbons (Fsp3) is 0.417. The SMILES string of the molecule is CCCc1c(C(=O)C(C)CC)c2c(n1SF)-c1c(cnc(Cc3cc(Cl)ncn3)c1P)CC2. The van der Waals surface area contributed by atoms with Gasteiger partial charge in [-0.3, -0.25) is 13.8 Å². The minimum absolute atomic E-state index is 0.0995. The molecule has 174 valence electrons. The van der Waals surface area contributed by atoms with E-state index in [0.717, 1.165) is 69.6 Å². The number of hydrogen-bond donors (Lipinski definition) is 0. The van der Waals surface area contributed by atoms with Crippen LogP contribution in [0.25, 0.3) is 11.3 Å². The molecule has 4 rings (SSSR count). The molecule has 5 nitrogen and oxygen atoms in total. The van der Waals surface area contributed by atoms with Crippen molar-refractivity contribution in [2.45, 2.75) is 59.3 Å². The average Bonchev–Trinajstić information content (AvgIpc) is 3.13. The van der Waals surface area contributed by atoms with Crippen LogP contribution in [0.1, 0.15) is 72.2 Å². The molecule has 0 spiro atoms. The molecule has 9 heteroatoms. The second-order valence-electron chi connectivity index (χ2n) is 8.46. The molecule has 3 heterocycles. The van der Waals surface area contributed by atoms with Crippen molar-refractivity contribution in [1.82, 2.24) is 18.9 Å². The standard InChI is InChI=1S/C24H27ClFN4OPS/c1-4-6-18-21(23(31)13(3)5-2)16-8-7-14-11-27-17(9-15-10-19(25)29-12-28-15)24(32)20(14)22(16)30(18)33-26/h10-13H,4-9,32H2,1-3H3. The summed E-state index contributed by atoms with van der Waals surface area (Å²) >= 11 is 6.22. The molecule has 3 aromatic heterocycles. The summed E-state index contributed by atoms with van der Waals surface area (Å²) in [7, 11) is 2.79. The lowest BCUT2D eigenvalue weighted by Crippen LogP contribution is -2.19. The first-order chi connectivity index (χ1) is 15.9. The highest BCUT2D eigenvalue weighted by Gasteiger charge is 2.34. The third-order valence-electron chi connectivity index (χ3n) is 6.38. The van der Waals surface area contributed by atoms with E-state index < -0.39 is 0 Å². The van der Waals surface area contributed by atoms with Crippen LogP contribution in [0.15, 0.2) is 18.6 Å². The highest BCUT2D eigenvalue weighted by atomic mass is 35.5. The topological polar surface area (TPSA) is 60.7 Å². The molecule has 2 atom stereocenters. The van der Waals surface area contributed by atoms with Crippen LogP contribution in [0.3, 0.4) is 0 Å². The first kappa shape index (κ1) is 24.3. The number of aryl methyl sites for hydroxylation is 1. The van der Waals surface area contributed by atoms with Gasteiger partial charge >= 0.3 is 0 Å². The number of hydrogen-bond acceptors (Lipinski definition) is 5. The Kier molecular flexibility index (Phi) is 7.52. The summed E-state index contributed by atoms with van der Waals surface area (Å²) in [5.41, 5.74) is 6.88. The molecule has 2 unspecified atom stereocenters. The largest absolute Gasteiger partial charge is 0.294 e. The highest BCUT2D eigenvalue weighted by Crippen LogP contribution is 2.42. The Labute approximate surface area is 205 Å². The van der Waals surface area contributed by atoms with Crippen LogP contribution in [-0.4, -0.2) is 24.7 Å². The summed E-state index contributed by atoms with van der Waals surface area (Å²) in [6.45, 7) is 6.03. The second-order valence-corrected chi connectivity index (χ2v) is 9.93. The number of aromatic nitrogens is 4. The number of carbonyl (C=O) groups is 1. The van der Waals surface area contributed by atoms with E-state index in [1.165, 1.54) is 6.33 Å². The van der Waals surface area contributed by atoms with Crippen molar-refractivity contribution in [3.05, 3.63) is 57.5 Å². The number of rotatable bonds is 8. The lowest BCUT2D eigenvalue weighted by Gasteiger charge is -2.22. The van der Waals surface area contributed by atoms with Gasteiger partial charge in [-0.2, -0.15) is 0 Å². The van der Waals surface area contributed by atoms with Crippen molar-refractivity contribution in [1.29, 1.82) is 0 Å². The zero-order valence-corrected chi connectivity index (χ0v) is 21.7. The Balaban J connectivity index is 1.91. The van der Waals surface area contributed by atoms with Crippen LogP contribution >= 0.6 is 33.2 Å². The van der Waals surface area contributed by atoms with E-state index in [4.69, 9.17) is 11.6 Å². The summed E-state index contributed by atoms with van der Waals surface area (Å²) in [4.78, 5) is 26.4. The lowest BCUT2D eigenvalue weighted by atomic mass is 9.85. The molecule has 1 aliphatic rings. The Morgan fingerprint density at radius 1 is 1.30 bits per heavy atom. The predicted molar refractivity (Wildman–Crippen MR) is 136 cm³/mol. The number of ketones is 1. The number of fused-ring (bicyclic) bond motifs is 3. The molecule has 3 aromatic rings. The maximum absolute atomic E-state index is 14.5. The van der Waals surface area contributed by atoms with E-state index in [-0.39, 0.29) is 24.0 Å². The van der Waals surface area contributed by atoms with Gasteiger partial charge in [-0.25, -0.2) is 9.97 Å². The van der Waals surface area contributed by atoms with Crippen LogP contribution in [0.4, 0.5) is 3.89 Å². The van der Waals surface area contributed by atoms with E-state index in [1.54, 1.807) is 10.0 Å². The van der Waals surface area contributed by atoms with E-state index in [2.05, 4.69) is 31.1 Å². The monoisotopic (exact) mass is 504 g/mol. The molecule has 0 saturated heterocycles. The minimum Gasteiger partial charge on any atom is -0.294 e. The van der Waals surface area contributed by atoms with Gasteiger partial charge in [-0.1, -0.05) is 38.8 Å². The van der Waals surface area contributed by atoms with E-state index in [9.17, 15) is 8.68 Å². The molecule has 33 heavy (non-hydrogen) atoms. The average molecular weight is 505 g/mol. The Bertz CT molecular complexity index is 1220. The molecule has 0 saturated carbocycles. The molecular formula is C24H27ClFN4OPS. The van der Waals surface area contributed by atoms with Gasteiger partial charge < -0.3 is 0 Å². The van der Waals surface area contributed by atoms with Gasteiger partial charge in [-0.05, 0) is 42.9 Å². The molecule has 0 aliphatic heterocycles. The summed E-state index contributed by atoms with van der Waals surface area (Å²) in [5.74, 6) is 0.0150. The van der Waals surface area contributed by atoms with Crippen molar-refractivity contribution < 1.29 is 8.68 Å². The number of Topliss-reactive ketones (excluding diaryl/α,β-unsaturated/α-hetero) is 1. The fourth-order valence-electron chi connectivity index (χ4n) is 4.53. The smallest absolute Gasteiger partial charge is 0.170 e. The first-order valence-electron chi connectivity index (χ1n) is 11.2. The van der Waals surface area contributed by atoms with Gasteiger partial charge in [0.25, 0.3) is 0 Å². The molecule has 0 bridgehead atoms. The molecule has 0 amide bonds. The quantitative estimate of drug-likeness (QED) is 0.222. The number of halogens is 2. The van der Waals surface area contributed by atoms with Crippen molar-refractivity contribution in [2.75, 3.05) is 0 Å². The Hall–Kier alpha value is -1.82. The maximum Gasteiger partial charge on any atom is 0.170 e.